The Kier molecular flexibility index (Phi) is 8.12. The summed E-state index contributed by atoms with van der Waals surface area (Å²) in [5, 5.41) is 15.0. The van der Waals surface area contributed by atoms with Crippen LogP contribution in [0.3, 0.4) is 0 Å². The number of aliphatic carboxylic acids is 1. The average molecular weight is 517 g/mol. The number of anilines is 1. The fraction of sp³-hybridized carbons (Fsp3) is 0.300. The van der Waals surface area contributed by atoms with Crippen molar-refractivity contribution in [1.29, 1.82) is 0 Å². The Hall–Kier alpha value is -4.17. The van der Waals surface area contributed by atoms with E-state index in [1.165, 1.54) is 0 Å². The van der Waals surface area contributed by atoms with Gasteiger partial charge in [-0.1, -0.05) is 54.6 Å². The lowest BCUT2D eigenvalue weighted by Gasteiger charge is -2.19. The number of ether oxygens (including phenoxy) is 2. The minimum Gasteiger partial charge on any atom is -0.481 e. The van der Waals surface area contributed by atoms with Gasteiger partial charge in [0.05, 0.1) is 13.0 Å². The lowest BCUT2D eigenvalue weighted by atomic mass is 9.98. The largest absolute Gasteiger partial charge is 0.481 e. The smallest absolute Gasteiger partial charge is 0.411 e. The van der Waals surface area contributed by atoms with Gasteiger partial charge in [-0.15, -0.1) is 0 Å². The first-order valence-corrected chi connectivity index (χ1v) is 12.5. The molecule has 3 N–H and O–H groups in total. The molecule has 1 aliphatic carbocycles. The predicted octanol–water partition coefficient (Wildman–Crippen LogP) is 5.11. The van der Waals surface area contributed by atoms with Gasteiger partial charge in [0.25, 0.3) is 0 Å². The summed E-state index contributed by atoms with van der Waals surface area (Å²) in [6.07, 6.45) is -0.841. The maximum Gasteiger partial charge on any atom is 0.411 e. The summed E-state index contributed by atoms with van der Waals surface area (Å²) in [6.45, 7) is 5.82. The molecule has 3 aromatic rings. The Bertz CT molecular complexity index is 1300. The number of hydrogen-bond donors (Lipinski definition) is 3. The Morgan fingerprint density at radius 1 is 0.895 bits per heavy atom. The zero-order chi connectivity index (χ0) is 27.3. The third kappa shape index (κ3) is 6.98. The molecule has 0 bridgehead atoms. The van der Waals surface area contributed by atoms with Crippen LogP contribution in [-0.4, -0.2) is 41.9 Å². The van der Waals surface area contributed by atoms with E-state index in [1.54, 1.807) is 39.0 Å². The standard InChI is InChI=1S/C30H32N2O6/c1-30(2,3)38-28(35)17-31-16-20-12-19(15-27(33)34)13-21(14-20)32-29(36)37-18-26-24-10-6-4-8-22(24)23-9-5-7-11-25(23)26/h4-14,26,31H,15-18H2,1-3H3,(H,32,36)(H,33,34). The van der Waals surface area contributed by atoms with Crippen molar-refractivity contribution in [3.63, 3.8) is 0 Å². The second-order valence-corrected chi connectivity index (χ2v) is 10.2. The van der Waals surface area contributed by atoms with Crippen LogP contribution >= 0.6 is 0 Å². The monoisotopic (exact) mass is 516 g/mol. The molecule has 0 atom stereocenters. The van der Waals surface area contributed by atoms with E-state index in [-0.39, 0.29) is 32.0 Å². The van der Waals surface area contributed by atoms with Crippen LogP contribution < -0.4 is 10.6 Å². The molecule has 198 valence electrons. The number of esters is 1. The SMILES string of the molecule is CC(C)(C)OC(=O)CNCc1cc(CC(=O)O)cc(NC(=O)OCC2c3ccccc3-c3ccccc32)c1. The third-order valence-electron chi connectivity index (χ3n) is 6.02. The second kappa shape index (κ2) is 11.5. The molecule has 4 rings (SSSR count). The normalized spacial score (nSPS) is 12.4. The van der Waals surface area contributed by atoms with Crippen molar-refractivity contribution in [2.45, 2.75) is 45.3 Å². The molecule has 3 aromatic carbocycles. The molecule has 0 fully saturated rings. The highest BCUT2D eigenvalue weighted by atomic mass is 16.6. The number of hydrogen-bond acceptors (Lipinski definition) is 6. The maximum atomic E-state index is 12.7. The number of carboxylic acids is 1. The topological polar surface area (TPSA) is 114 Å². The van der Waals surface area contributed by atoms with Crippen molar-refractivity contribution >= 4 is 23.7 Å². The molecule has 38 heavy (non-hydrogen) atoms. The predicted molar refractivity (Wildman–Crippen MR) is 144 cm³/mol. The number of nitrogens with one attached hydrogen (secondary N) is 2. The molecular weight excluding hydrogens is 484 g/mol. The number of benzene rings is 3. The van der Waals surface area contributed by atoms with Crippen LogP contribution in [0.4, 0.5) is 10.5 Å². The highest BCUT2D eigenvalue weighted by Gasteiger charge is 2.29. The zero-order valence-corrected chi connectivity index (χ0v) is 21.7. The fourth-order valence-corrected chi connectivity index (χ4v) is 4.65. The van der Waals surface area contributed by atoms with Crippen LogP contribution in [-0.2, 0) is 32.0 Å². The van der Waals surface area contributed by atoms with E-state index in [2.05, 4.69) is 22.8 Å². The molecule has 0 saturated heterocycles. The lowest BCUT2D eigenvalue weighted by molar-refractivity contribution is -0.153. The first-order chi connectivity index (χ1) is 18.1. The molecule has 8 nitrogen and oxygen atoms in total. The fourth-order valence-electron chi connectivity index (χ4n) is 4.65. The highest BCUT2D eigenvalue weighted by molar-refractivity contribution is 5.85. The molecule has 0 heterocycles. The zero-order valence-electron chi connectivity index (χ0n) is 21.7. The summed E-state index contributed by atoms with van der Waals surface area (Å²) < 4.78 is 10.9. The van der Waals surface area contributed by atoms with Gasteiger partial charge in [-0.05, 0) is 66.3 Å². The summed E-state index contributed by atoms with van der Waals surface area (Å²) >= 11 is 0. The van der Waals surface area contributed by atoms with Gasteiger partial charge in [0, 0.05) is 18.2 Å². The molecule has 1 amide bonds. The summed E-state index contributed by atoms with van der Waals surface area (Å²) in [6, 6.07) is 21.2. The van der Waals surface area contributed by atoms with Gasteiger partial charge in [-0.3, -0.25) is 14.9 Å². The minimum absolute atomic E-state index is 0.00440. The number of fused-ring (bicyclic) bond motifs is 3. The van der Waals surface area contributed by atoms with Gasteiger partial charge >= 0.3 is 18.0 Å². The van der Waals surface area contributed by atoms with Crippen LogP contribution in [0.2, 0.25) is 0 Å². The summed E-state index contributed by atoms with van der Waals surface area (Å²) in [7, 11) is 0. The number of amides is 1. The van der Waals surface area contributed by atoms with Crippen LogP contribution in [0, 0.1) is 0 Å². The Labute approximate surface area is 222 Å². The Morgan fingerprint density at radius 2 is 1.50 bits per heavy atom. The molecule has 0 aliphatic heterocycles. The Balaban J connectivity index is 1.41. The molecule has 1 aliphatic rings. The number of carboxylic acid groups (broad SMARTS) is 1. The summed E-state index contributed by atoms with van der Waals surface area (Å²) in [4.78, 5) is 36.0. The lowest BCUT2D eigenvalue weighted by Crippen LogP contribution is -2.31. The first kappa shape index (κ1) is 26.9. The van der Waals surface area contributed by atoms with Crippen LogP contribution in [0.5, 0.6) is 0 Å². The van der Waals surface area contributed by atoms with E-state index in [1.807, 2.05) is 36.4 Å². The van der Waals surface area contributed by atoms with Gasteiger partial charge in [-0.25, -0.2) is 4.79 Å². The number of carbonyl (C=O) groups is 3. The second-order valence-electron chi connectivity index (χ2n) is 10.2. The molecule has 0 saturated carbocycles. The molecule has 0 radical (unpaired) electrons. The van der Waals surface area contributed by atoms with Crippen molar-refractivity contribution in [1.82, 2.24) is 5.32 Å². The van der Waals surface area contributed by atoms with Crippen molar-refractivity contribution in [2.24, 2.45) is 0 Å². The van der Waals surface area contributed by atoms with E-state index < -0.39 is 23.6 Å². The van der Waals surface area contributed by atoms with E-state index in [9.17, 15) is 19.5 Å². The quantitative estimate of drug-likeness (QED) is 0.339. The van der Waals surface area contributed by atoms with Crippen LogP contribution in [0.15, 0.2) is 66.7 Å². The van der Waals surface area contributed by atoms with E-state index in [0.717, 1.165) is 22.3 Å². The van der Waals surface area contributed by atoms with Crippen molar-refractivity contribution in [3.05, 3.63) is 89.0 Å². The molecule has 0 spiro atoms. The average Bonchev–Trinajstić information content (AvgIpc) is 3.15. The van der Waals surface area contributed by atoms with Crippen molar-refractivity contribution < 1.29 is 29.0 Å². The van der Waals surface area contributed by atoms with Gasteiger partial charge in [0.15, 0.2) is 0 Å². The van der Waals surface area contributed by atoms with E-state index in [0.29, 0.717) is 16.8 Å². The molecule has 8 heteroatoms. The summed E-state index contributed by atoms with van der Waals surface area (Å²) in [5.74, 6) is -1.45. The van der Waals surface area contributed by atoms with Crippen LogP contribution in [0.1, 0.15) is 48.9 Å². The molecule has 0 unspecified atom stereocenters. The third-order valence-corrected chi connectivity index (χ3v) is 6.02. The van der Waals surface area contributed by atoms with Crippen molar-refractivity contribution in [2.75, 3.05) is 18.5 Å². The molecule has 0 aromatic heterocycles. The number of rotatable bonds is 9. The van der Waals surface area contributed by atoms with Gasteiger partial charge < -0.3 is 19.9 Å². The summed E-state index contributed by atoms with van der Waals surface area (Å²) in [5.41, 5.74) is 5.57. The first-order valence-electron chi connectivity index (χ1n) is 12.5. The van der Waals surface area contributed by atoms with Gasteiger partial charge in [0.1, 0.15) is 12.2 Å². The maximum absolute atomic E-state index is 12.7. The van der Waals surface area contributed by atoms with E-state index in [4.69, 9.17) is 9.47 Å². The van der Waals surface area contributed by atoms with Crippen molar-refractivity contribution in [3.8, 4) is 11.1 Å². The van der Waals surface area contributed by atoms with E-state index >= 15 is 0 Å². The van der Waals surface area contributed by atoms with Crippen LogP contribution in [0.25, 0.3) is 11.1 Å². The Morgan fingerprint density at radius 3 is 2.11 bits per heavy atom. The number of carbonyl (C=O) groups excluding carboxylic acids is 2. The van der Waals surface area contributed by atoms with Gasteiger partial charge in [0.2, 0.25) is 0 Å². The minimum atomic E-state index is -0.990. The highest BCUT2D eigenvalue weighted by Crippen LogP contribution is 2.44. The molecular formula is C30H32N2O6. The van der Waals surface area contributed by atoms with Gasteiger partial charge in [-0.2, -0.15) is 0 Å².